The van der Waals surface area contributed by atoms with Crippen molar-refractivity contribution in [1.82, 2.24) is 4.57 Å². The summed E-state index contributed by atoms with van der Waals surface area (Å²) in [6.07, 6.45) is 1.87. The molecule has 4 heteroatoms. The molecule has 1 N–H and O–H groups in total. The predicted octanol–water partition coefficient (Wildman–Crippen LogP) is 2.45. The highest BCUT2D eigenvalue weighted by Crippen LogP contribution is 2.13. The molecule has 0 unspecified atom stereocenters. The van der Waals surface area contributed by atoms with E-state index in [0.717, 1.165) is 10.1 Å². The number of carbonyl (C=O) groups is 1. The number of rotatable bonds is 3. The molecule has 0 radical (unpaired) electrons. The van der Waals surface area contributed by atoms with Gasteiger partial charge in [-0.1, -0.05) is 13.8 Å². The minimum absolute atomic E-state index is 0.373. The summed E-state index contributed by atoms with van der Waals surface area (Å²) in [4.78, 5) is 10.8. The number of aromatic nitrogens is 1. The molecule has 1 heterocycles. The highest BCUT2D eigenvalue weighted by molar-refractivity contribution is 14.1. The molecule has 1 aromatic heterocycles. The Kier molecular flexibility index (Phi) is 3.35. The van der Waals surface area contributed by atoms with Gasteiger partial charge < -0.3 is 9.67 Å². The van der Waals surface area contributed by atoms with E-state index in [-0.39, 0.29) is 0 Å². The fraction of sp³-hybridized carbons (Fsp3) is 0.444. The Morgan fingerprint density at radius 1 is 1.69 bits per heavy atom. The van der Waals surface area contributed by atoms with Crippen molar-refractivity contribution in [1.29, 1.82) is 0 Å². The van der Waals surface area contributed by atoms with Crippen LogP contribution in [0.5, 0.6) is 0 Å². The molecule has 1 aromatic rings. The van der Waals surface area contributed by atoms with Gasteiger partial charge >= 0.3 is 5.97 Å². The van der Waals surface area contributed by atoms with Crippen molar-refractivity contribution in [3.63, 3.8) is 0 Å². The summed E-state index contributed by atoms with van der Waals surface area (Å²) < 4.78 is 2.75. The van der Waals surface area contributed by atoms with Gasteiger partial charge in [0, 0.05) is 16.3 Å². The van der Waals surface area contributed by atoms with Gasteiger partial charge in [-0.15, -0.1) is 0 Å². The van der Waals surface area contributed by atoms with Gasteiger partial charge in [-0.05, 0) is 34.6 Å². The first kappa shape index (κ1) is 10.6. The zero-order valence-electron chi connectivity index (χ0n) is 7.62. The SMILES string of the molecule is CC(C)Cn1cc(I)cc1C(=O)O. The van der Waals surface area contributed by atoms with Crippen LogP contribution >= 0.6 is 22.6 Å². The van der Waals surface area contributed by atoms with Crippen molar-refractivity contribution >= 4 is 28.6 Å². The molecule has 1 rings (SSSR count). The van der Waals surface area contributed by atoms with E-state index >= 15 is 0 Å². The molecular weight excluding hydrogens is 281 g/mol. The van der Waals surface area contributed by atoms with Gasteiger partial charge in [0.15, 0.2) is 0 Å². The number of nitrogens with zero attached hydrogens (tertiary/aromatic N) is 1. The van der Waals surface area contributed by atoms with E-state index in [1.54, 1.807) is 10.6 Å². The highest BCUT2D eigenvalue weighted by Gasteiger charge is 2.11. The van der Waals surface area contributed by atoms with E-state index in [9.17, 15) is 4.79 Å². The van der Waals surface area contributed by atoms with Crippen molar-refractivity contribution in [2.24, 2.45) is 5.92 Å². The van der Waals surface area contributed by atoms with Crippen LogP contribution in [0.25, 0.3) is 0 Å². The Labute approximate surface area is 90.9 Å². The Balaban J connectivity index is 2.97. The van der Waals surface area contributed by atoms with Crippen LogP contribution in [-0.2, 0) is 6.54 Å². The van der Waals surface area contributed by atoms with E-state index in [4.69, 9.17) is 5.11 Å². The van der Waals surface area contributed by atoms with Crippen molar-refractivity contribution in [3.8, 4) is 0 Å². The van der Waals surface area contributed by atoms with Crippen molar-refractivity contribution in [3.05, 3.63) is 21.5 Å². The van der Waals surface area contributed by atoms with Crippen LogP contribution in [0.4, 0.5) is 0 Å². The van der Waals surface area contributed by atoms with Gasteiger partial charge in [-0.3, -0.25) is 0 Å². The van der Waals surface area contributed by atoms with Crippen LogP contribution < -0.4 is 0 Å². The molecule has 72 valence electrons. The topological polar surface area (TPSA) is 42.2 Å². The molecule has 0 amide bonds. The lowest BCUT2D eigenvalue weighted by molar-refractivity contribution is 0.0684. The second-order valence-electron chi connectivity index (χ2n) is 3.39. The van der Waals surface area contributed by atoms with Gasteiger partial charge in [0.05, 0.1) is 0 Å². The number of carboxylic acids is 1. The molecule has 0 aromatic carbocycles. The molecule has 0 saturated heterocycles. The molecule has 0 atom stereocenters. The lowest BCUT2D eigenvalue weighted by atomic mass is 10.2. The smallest absolute Gasteiger partial charge is 0.352 e. The van der Waals surface area contributed by atoms with Crippen LogP contribution in [0, 0.1) is 9.49 Å². The maximum atomic E-state index is 10.8. The second kappa shape index (κ2) is 4.13. The van der Waals surface area contributed by atoms with Gasteiger partial charge in [-0.2, -0.15) is 0 Å². The van der Waals surface area contributed by atoms with Crippen LogP contribution in [0.15, 0.2) is 12.3 Å². The Morgan fingerprint density at radius 3 is 2.77 bits per heavy atom. The van der Waals surface area contributed by atoms with Gasteiger partial charge in [0.25, 0.3) is 0 Å². The van der Waals surface area contributed by atoms with Crippen LogP contribution in [0.3, 0.4) is 0 Å². The summed E-state index contributed by atoms with van der Waals surface area (Å²) in [6, 6.07) is 1.69. The van der Waals surface area contributed by atoms with E-state index in [2.05, 4.69) is 36.4 Å². The molecule has 3 nitrogen and oxygen atoms in total. The summed E-state index contributed by atoms with van der Waals surface area (Å²) in [5, 5.41) is 8.87. The first-order valence-electron chi connectivity index (χ1n) is 4.09. The first-order valence-corrected chi connectivity index (χ1v) is 5.17. The van der Waals surface area contributed by atoms with E-state index in [1.165, 1.54) is 0 Å². The quantitative estimate of drug-likeness (QED) is 0.870. The third kappa shape index (κ3) is 2.72. The number of halogens is 1. The zero-order valence-corrected chi connectivity index (χ0v) is 9.78. The Hall–Kier alpha value is -0.520. The molecule has 0 saturated carbocycles. The van der Waals surface area contributed by atoms with Crippen molar-refractivity contribution in [2.75, 3.05) is 0 Å². The van der Waals surface area contributed by atoms with Gasteiger partial charge in [0.1, 0.15) is 5.69 Å². The van der Waals surface area contributed by atoms with E-state index in [1.807, 2.05) is 6.20 Å². The van der Waals surface area contributed by atoms with Crippen LogP contribution in [0.2, 0.25) is 0 Å². The minimum Gasteiger partial charge on any atom is -0.477 e. The molecule has 13 heavy (non-hydrogen) atoms. The maximum absolute atomic E-state index is 10.8. The number of carboxylic acid groups (broad SMARTS) is 1. The fourth-order valence-corrected chi connectivity index (χ4v) is 1.83. The standard InChI is InChI=1S/C9H12INO2/c1-6(2)4-11-5-7(10)3-8(11)9(12)13/h3,5-6H,4H2,1-2H3,(H,12,13). The van der Waals surface area contributed by atoms with Gasteiger partial charge in [0.2, 0.25) is 0 Å². The third-order valence-electron chi connectivity index (χ3n) is 1.64. The second-order valence-corrected chi connectivity index (χ2v) is 4.64. The summed E-state index contributed by atoms with van der Waals surface area (Å²) in [6.45, 7) is 4.89. The number of hydrogen-bond acceptors (Lipinski definition) is 1. The highest BCUT2D eigenvalue weighted by atomic mass is 127. The molecular formula is C9H12INO2. The predicted molar refractivity (Wildman–Crippen MR) is 58.9 cm³/mol. The van der Waals surface area contributed by atoms with E-state index < -0.39 is 5.97 Å². The summed E-state index contributed by atoms with van der Waals surface area (Å²) in [5.41, 5.74) is 0.373. The molecule has 0 fully saturated rings. The Bertz CT molecular complexity index is 317. The molecule has 0 bridgehead atoms. The lowest BCUT2D eigenvalue weighted by Crippen LogP contribution is -2.10. The molecule has 0 spiro atoms. The number of aromatic carboxylic acids is 1. The van der Waals surface area contributed by atoms with Gasteiger partial charge in [-0.25, -0.2) is 4.79 Å². The molecule has 0 aliphatic carbocycles. The molecule has 0 aliphatic heterocycles. The first-order chi connectivity index (χ1) is 6.00. The monoisotopic (exact) mass is 293 g/mol. The van der Waals surface area contributed by atoms with Crippen LogP contribution in [0.1, 0.15) is 24.3 Å². The molecule has 0 aliphatic rings. The number of hydrogen-bond donors (Lipinski definition) is 1. The minimum atomic E-state index is -0.858. The summed E-state index contributed by atoms with van der Waals surface area (Å²) in [5.74, 6) is -0.398. The zero-order chi connectivity index (χ0) is 10.0. The normalized spacial score (nSPS) is 10.8. The summed E-state index contributed by atoms with van der Waals surface area (Å²) >= 11 is 2.12. The maximum Gasteiger partial charge on any atom is 0.352 e. The van der Waals surface area contributed by atoms with Crippen molar-refractivity contribution < 1.29 is 9.90 Å². The average molecular weight is 293 g/mol. The van der Waals surface area contributed by atoms with E-state index in [0.29, 0.717) is 11.6 Å². The largest absolute Gasteiger partial charge is 0.477 e. The summed E-state index contributed by atoms with van der Waals surface area (Å²) in [7, 11) is 0. The average Bonchev–Trinajstić information content (AvgIpc) is 2.29. The van der Waals surface area contributed by atoms with Crippen LogP contribution in [-0.4, -0.2) is 15.6 Å². The lowest BCUT2D eigenvalue weighted by Gasteiger charge is -2.08. The third-order valence-corrected chi connectivity index (χ3v) is 2.23. The Morgan fingerprint density at radius 2 is 2.31 bits per heavy atom. The fourth-order valence-electron chi connectivity index (χ4n) is 1.20. The van der Waals surface area contributed by atoms with Crippen molar-refractivity contribution in [2.45, 2.75) is 20.4 Å².